The Morgan fingerprint density at radius 3 is 2.43 bits per heavy atom. The number of hydroxylamine groups is 1. The van der Waals surface area contributed by atoms with E-state index in [0.29, 0.717) is 42.3 Å². The molecule has 1 aliphatic heterocycles. The molecule has 7 nitrogen and oxygen atoms in total. The summed E-state index contributed by atoms with van der Waals surface area (Å²) in [6.07, 6.45) is 1.07. The number of hydrogen-bond acceptors (Lipinski definition) is 5. The maximum atomic E-state index is 12.8. The van der Waals surface area contributed by atoms with E-state index in [1.54, 1.807) is 47.9 Å². The van der Waals surface area contributed by atoms with Crippen molar-refractivity contribution in [3.05, 3.63) is 64.7 Å². The first-order valence-corrected chi connectivity index (χ1v) is 10.8. The van der Waals surface area contributed by atoms with Gasteiger partial charge >= 0.3 is 0 Å². The summed E-state index contributed by atoms with van der Waals surface area (Å²) in [5.74, 6) is -0.338. The van der Waals surface area contributed by atoms with Crippen LogP contribution in [0, 0.1) is 0 Å². The van der Waals surface area contributed by atoms with Crippen molar-refractivity contribution in [1.29, 1.82) is 0 Å². The first kappa shape index (κ1) is 20.6. The first-order chi connectivity index (χ1) is 13.4. The van der Waals surface area contributed by atoms with Gasteiger partial charge in [-0.3, -0.25) is 10.0 Å². The standard InChI is InChI=1S/C19H21ClN2O5S/c20-15-5-7-16(8-6-15)27-17-9-11-22(12-10-17)28(25,26)13-14-3-1-2-4-18(14)19(23)21-24/h1-8,17,24H,9-13H2,(H,21,23). The van der Waals surface area contributed by atoms with Gasteiger partial charge in [0.2, 0.25) is 10.0 Å². The summed E-state index contributed by atoms with van der Waals surface area (Å²) < 4.78 is 32.9. The first-order valence-electron chi connectivity index (χ1n) is 8.81. The SMILES string of the molecule is O=C(NO)c1ccccc1CS(=O)(=O)N1CCC(Oc2ccc(Cl)cc2)CC1. The van der Waals surface area contributed by atoms with E-state index in [-0.39, 0.29) is 17.4 Å². The second-order valence-corrected chi connectivity index (χ2v) is 8.93. The molecule has 28 heavy (non-hydrogen) atoms. The molecular weight excluding hydrogens is 404 g/mol. The highest BCUT2D eigenvalue weighted by Gasteiger charge is 2.30. The van der Waals surface area contributed by atoms with Crippen molar-refractivity contribution in [2.45, 2.75) is 24.7 Å². The van der Waals surface area contributed by atoms with Crippen LogP contribution in [0.1, 0.15) is 28.8 Å². The van der Waals surface area contributed by atoms with E-state index in [2.05, 4.69) is 0 Å². The molecule has 1 saturated heterocycles. The Balaban J connectivity index is 1.62. The van der Waals surface area contributed by atoms with E-state index < -0.39 is 15.9 Å². The molecule has 150 valence electrons. The molecule has 2 N–H and O–H groups in total. The summed E-state index contributed by atoms with van der Waals surface area (Å²) in [6, 6.07) is 13.4. The van der Waals surface area contributed by atoms with E-state index in [4.69, 9.17) is 21.5 Å². The summed E-state index contributed by atoms with van der Waals surface area (Å²) in [6.45, 7) is 0.684. The lowest BCUT2D eigenvalue weighted by Gasteiger charge is -2.31. The van der Waals surface area contributed by atoms with Gasteiger partial charge in [-0.15, -0.1) is 0 Å². The predicted octanol–water partition coefficient (Wildman–Crippen LogP) is 2.83. The highest BCUT2D eigenvalue weighted by molar-refractivity contribution is 7.88. The number of sulfonamides is 1. The van der Waals surface area contributed by atoms with Gasteiger partial charge in [-0.1, -0.05) is 29.8 Å². The molecule has 1 heterocycles. The number of amides is 1. The highest BCUT2D eigenvalue weighted by Crippen LogP contribution is 2.24. The number of ether oxygens (including phenoxy) is 1. The fraction of sp³-hybridized carbons (Fsp3) is 0.316. The van der Waals surface area contributed by atoms with Crippen molar-refractivity contribution in [3.8, 4) is 5.75 Å². The van der Waals surface area contributed by atoms with Gasteiger partial charge in [0.15, 0.2) is 0 Å². The van der Waals surface area contributed by atoms with Crippen molar-refractivity contribution in [3.63, 3.8) is 0 Å². The van der Waals surface area contributed by atoms with Crippen LogP contribution in [0.4, 0.5) is 0 Å². The molecule has 1 aliphatic rings. The van der Waals surface area contributed by atoms with Crippen LogP contribution >= 0.6 is 11.6 Å². The van der Waals surface area contributed by atoms with Gasteiger partial charge in [0.25, 0.3) is 5.91 Å². The number of nitrogens with zero attached hydrogens (tertiary/aromatic N) is 1. The summed E-state index contributed by atoms with van der Waals surface area (Å²) >= 11 is 5.86. The minimum absolute atomic E-state index is 0.0694. The van der Waals surface area contributed by atoms with Crippen molar-refractivity contribution in [2.75, 3.05) is 13.1 Å². The van der Waals surface area contributed by atoms with Gasteiger partial charge in [-0.25, -0.2) is 18.2 Å². The molecule has 0 saturated carbocycles. The predicted molar refractivity (Wildman–Crippen MR) is 105 cm³/mol. The molecule has 1 fully saturated rings. The normalized spacial score (nSPS) is 15.9. The molecular formula is C19H21ClN2O5S. The third-order valence-corrected chi connectivity index (χ3v) is 6.69. The largest absolute Gasteiger partial charge is 0.490 e. The Labute approximate surface area is 168 Å². The second-order valence-electron chi connectivity index (χ2n) is 6.52. The quantitative estimate of drug-likeness (QED) is 0.549. The number of benzene rings is 2. The summed E-state index contributed by atoms with van der Waals surface area (Å²) in [5, 5.41) is 9.47. The minimum Gasteiger partial charge on any atom is -0.490 e. The molecule has 0 atom stereocenters. The molecule has 0 aliphatic carbocycles. The van der Waals surface area contributed by atoms with Crippen molar-refractivity contribution < 1.29 is 23.2 Å². The molecule has 9 heteroatoms. The van der Waals surface area contributed by atoms with E-state index in [1.807, 2.05) is 0 Å². The molecule has 2 aromatic carbocycles. The van der Waals surface area contributed by atoms with E-state index in [0.717, 1.165) is 0 Å². The third-order valence-electron chi connectivity index (χ3n) is 4.61. The summed E-state index contributed by atoms with van der Waals surface area (Å²) in [5.41, 5.74) is 2.02. The lowest BCUT2D eigenvalue weighted by molar-refractivity contribution is 0.0705. The Hall–Kier alpha value is -2.13. The molecule has 1 amide bonds. The van der Waals surface area contributed by atoms with Gasteiger partial charge < -0.3 is 4.74 Å². The lowest BCUT2D eigenvalue weighted by atomic mass is 10.1. The molecule has 0 bridgehead atoms. The van der Waals surface area contributed by atoms with Gasteiger partial charge in [0.05, 0.1) is 5.75 Å². The Morgan fingerprint density at radius 1 is 1.14 bits per heavy atom. The molecule has 2 aromatic rings. The van der Waals surface area contributed by atoms with Crippen LogP contribution in [-0.4, -0.2) is 43.0 Å². The lowest BCUT2D eigenvalue weighted by Crippen LogP contribution is -2.42. The van der Waals surface area contributed by atoms with Crippen molar-refractivity contribution in [2.24, 2.45) is 0 Å². The fourth-order valence-electron chi connectivity index (χ4n) is 3.15. The average Bonchev–Trinajstić information content (AvgIpc) is 2.70. The Bertz CT molecular complexity index is 926. The molecule has 3 rings (SSSR count). The number of piperidine rings is 1. The van der Waals surface area contributed by atoms with Crippen LogP contribution in [0.5, 0.6) is 5.75 Å². The van der Waals surface area contributed by atoms with E-state index in [1.165, 1.54) is 10.4 Å². The summed E-state index contributed by atoms with van der Waals surface area (Å²) in [7, 11) is -3.60. The smallest absolute Gasteiger partial charge is 0.274 e. The van der Waals surface area contributed by atoms with Gasteiger partial charge in [0, 0.05) is 23.7 Å². The zero-order chi connectivity index (χ0) is 20.1. The van der Waals surface area contributed by atoms with Crippen LogP contribution in [0.15, 0.2) is 48.5 Å². The molecule has 0 radical (unpaired) electrons. The zero-order valence-corrected chi connectivity index (χ0v) is 16.6. The number of hydrogen-bond donors (Lipinski definition) is 2. The van der Waals surface area contributed by atoms with Gasteiger partial charge in [-0.05, 0) is 48.7 Å². The second kappa shape index (κ2) is 8.91. The zero-order valence-electron chi connectivity index (χ0n) is 15.0. The Morgan fingerprint density at radius 2 is 1.79 bits per heavy atom. The van der Waals surface area contributed by atoms with E-state index >= 15 is 0 Å². The monoisotopic (exact) mass is 424 g/mol. The number of carbonyl (C=O) groups excluding carboxylic acids is 1. The maximum absolute atomic E-state index is 12.8. The van der Waals surface area contributed by atoms with Crippen molar-refractivity contribution >= 4 is 27.5 Å². The average molecular weight is 425 g/mol. The van der Waals surface area contributed by atoms with Crippen LogP contribution in [0.2, 0.25) is 5.02 Å². The minimum atomic E-state index is -3.60. The maximum Gasteiger partial charge on any atom is 0.274 e. The highest BCUT2D eigenvalue weighted by atomic mass is 35.5. The topological polar surface area (TPSA) is 95.9 Å². The van der Waals surface area contributed by atoms with Crippen molar-refractivity contribution in [1.82, 2.24) is 9.79 Å². The van der Waals surface area contributed by atoms with Crippen LogP contribution < -0.4 is 10.2 Å². The number of halogens is 1. The van der Waals surface area contributed by atoms with E-state index in [9.17, 15) is 13.2 Å². The molecule has 0 spiro atoms. The fourth-order valence-corrected chi connectivity index (χ4v) is 4.87. The number of nitrogens with one attached hydrogen (secondary N) is 1. The molecule has 0 aromatic heterocycles. The number of carbonyl (C=O) groups is 1. The van der Waals surface area contributed by atoms with Crippen LogP contribution in [-0.2, 0) is 15.8 Å². The molecule has 0 unspecified atom stereocenters. The van der Waals surface area contributed by atoms with Crippen LogP contribution in [0.3, 0.4) is 0 Å². The number of rotatable bonds is 6. The van der Waals surface area contributed by atoms with Crippen LogP contribution in [0.25, 0.3) is 0 Å². The van der Waals surface area contributed by atoms with Gasteiger partial charge in [0.1, 0.15) is 11.9 Å². The van der Waals surface area contributed by atoms with Gasteiger partial charge in [-0.2, -0.15) is 0 Å². The summed E-state index contributed by atoms with van der Waals surface area (Å²) in [4.78, 5) is 11.7. The third kappa shape index (κ3) is 5.02. The Kier molecular flexibility index (Phi) is 6.56.